The van der Waals surface area contributed by atoms with Crippen LogP contribution in [0, 0.1) is 11.2 Å². The molecule has 0 aliphatic carbocycles. The molecule has 1 aliphatic heterocycles. The lowest BCUT2D eigenvalue weighted by atomic mass is 9.43. The first kappa shape index (κ1) is 15.5. The Bertz CT molecular complexity index is 623. The van der Waals surface area contributed by atoms with E-state index in [1.165, 1.54) is 5.57 Å². The van der Waals surface area contributed by atoms with Gasteiger partial charge in [-0.25, -0.2) is 5.26 Å². The zero-order valence-electron chi connectivity index (χ0n) is 12.2. The summed E-state index contributed by atoms with van der Waals surface area (Å²) in [6.45, 7) is 4.32. The second-order valence-corrected chi connectivity index (χ2v) is 5.61. The fourth-order valence-electron chi connectivity index (χ4n) is 2.44. The molecule has 0 bridgehead atoms. The van der Waals surface area contributed by atoms with Crippen molar-refractivity contribution in [2.45, 2.75) is 19.1 Å². The topological polar surface area (TPSA) is 35.8 Å². The summed E-state index contributed by atoms with van der Waals surface area (Å²) in [4.78, 5) is 0. The molecule has 1 aliphatic rings. The van der Waals surface area contributed by atoms with Crippen LogP contribution in [0.3, 0.4) is 0 Å². The van der Waals surface area contributed by atoms with E-state index in [4.69, 9.17) is 16.9 Å². The minimum atomic E-state index is 0.158. The van der Waals surface area contributed by atoms with Crippen LogP contribution in [0.4, 0.5) is 0 Å². The van der Waals surface area contributed by atoms with Crippen molar-refractivity contribution in [1.82, 2.24) is 5.32 Å². The third kappa shape index (κ3) is 4.03. The molecule has 0 spiro atoms. The predicted molar refractivity (Wildman–Crippen MR) is 91.3 cm³/mol. The smallest absolute Gasteiger partial charge is 0.271 e. The molecule has 0 atom stereocenters. The summed E-state index contributed by atoms with van der Waals surface area (Å²) in [5.41, 5.74) is 4.34. The van der Waals surface area contributed by atoms with Crippen molar-refractivity contribution in [2.24, 2.45) is 0 Å². The molecule has 0 saturated carbocycles. The van der Waals surface area contributed by atoms with E-state index in [1.807, 2.05) is 31.3 Å². The Balaban J connectivity index is 2.17. The monoisotopic (exact) mass is 296 g/mol. The van der Waals surface area contributed by atoms with Crippen LogP contribution in [0.25, 0.3) is 5.70 Å². The number of nitriles is 1. The lowest BCUT2D eigenvalue weighted by Crippen LogP contribution is -2.13. The van der Waals surface area contributed by atoms with Gasteiger partial charge in [-0.15, -0.1) is 0 Å². The van der Waals surface area contributed by atoms with Crippen LogP contribution in [-0.2, 0) is 0 Å². The molecule has 1 aromatic rings. The van der Waals surface area contributed by atoms with Crippen LogP contribution in [-0.4, -0.2) is 13.8 Å². The quantitative estimate of drug-likeness (QED) is 0.662. The van der Waals surface area contributed by atoms with Crippen LogP contribution in [0.2, 0.25) is 17.7 Å². The Morgan fingerprint density at radius 2 is 2.14 bits per heavy atom. The van der Waals surface area contributed by atoms with Crippen molar-refractivity contribution < 1.29 is 0 Å². The molecule has 2 nitrogen and oxygen atoms in total. The average molecular weight is 297 g/mol. The van der Waals surface area contributed by atoms with E-state index in [9.17, 15) is 0 Å². The van der Waals surface area contributed by atoms with Crippen molar-refractivity contribution in [3.63, 3.8) is 0 Å². The zero-order chi connectivity index (χ0) is 15.2. The third-order valence-corrected chi connectivity index (χ3v) is 4.00. The number of benzene rings is 1. The molecule has 106 valence electrons. The van der Waals surface area contributed by atoms with Crippen molar-refractivity contribution in [3.8, 4) is 5.97 Å². The van der Waals surface area contributed by atoms with Gasteiger partial charge in [0.25, 0.3) is 6.71 Å². The number of allylic oxidation sites excluding steroid dienone is 4. The van der Waals surface area contributed by atoms with E-state index in [2.05, 4.69) is 30.0 Å². The van der Waals surface area contributed by atoms with Gasteiger partial charge in [0, 0.05) is 23.7 Å². The molecule has 0 unspecified atom stereocenters. The van der Waals surface area contributed by atoms with E-state index < -0.39 is 0 Å². The van der Waals surface area contributed by atoms with E-state index in [0.717, 1.165) is 40.9 Å². The second-order valence-electron chi connectivity index (χ2n) is 5.17. The highest BCUT2D eigenvalue weighted by molar-refractivity contribution is 6.67. The maximum Gasteiger partial charge on any atom is 0.271 e. The number of nitrogens with zero attached hydrogens (tertiary/aromatic N) is 1. The molecule has 21 heavy (non-hydrogen) atoms. The summed E-state index contributed by atoms with van der Waals surface area (Å²) < 4.78 is 0. The number of halogens is 1. The number of rotatable bonds is 4. The van der Waals surface area contributed by atoms with Gasteiger partial charge in [-0.2, -0.15) is 0 Å². The largest absolute Gasteiger partial charge is 0.388 e. The number of nitrogens with one attached hydrogen (secondary N) is 1. The maximum atomic E-state index is 8.94. The SMILES string of the molecule is C=C(/C=C(\NC)c1ccc(Cl)cc1)C1=CCB(C#N)CC1. The molecule has 0 saturated heterocycles. The van der Waals surface area contributed by atoms with E-state index in [1.54, 1.807) is 0 Å². The number of hydrogen-bond donors (Lipinski definition) is 1. The summed E-state index contributed by atoms with van der Waals surface area (Å²) >= 11 is 5.92. The van der Waals surface area contributed by atoms with Gasteiger partial charge in [-0.3, -0.25) is 0 Å². The predicted octanol–water partition coefficient (Wildman–Crippen LogP) is 4.34. The minimum absolute atomic E-state index is 0.158. The molecule has 0 aromatic heterocycles. The standard InChI is InChI=1S/C17H18BClN2/c1-13(14-7-9-18(12-20)10-8-14)11-17(21-2)15-3-5-16(19)6-4-15/h3-7,11,21H,1,8-10H2,2H3/b17-11-. The fourth-order valence-corrected chi connectivity index (χ4v) is 2.57. The lowest BCUT2D eigenvalue weighted by Gasteiger charge is -2.16. The molecule has 4 heteroatoms. The first-order valence-electron chi connectivity index (χ1n) is 7.07. The highest BCUT2D eigenvalue weighted by atomic mass is 35.5. The molecular formula is C17H18BClN2. The Labute approximate surface area is 131 Å². The van der Waals surface area contributed by atoms with Gasteiger partial charge >= 0.3 is 0 Å². The molecule has 0 amide bonds. The minimum Gasteiger partial charge on any atom is -0.388 e. The van der Waals surface area contributed by atoms with E-state index >= 15 is 0 Å². The van der Waals surface area contributed by atoms with Gasteiger partial charge in [0.1, 0.15) is 0 Å². The van der Waals surface area contributed by atoms with Crippen LogP contribution in [0.1, 0.15) is 12.0 Å². The highest BCUT2D eigenvalue weighted by Crippen LogP contribution is 2.26. The first-order chi connectivity index (χ1) is 10.1. The lowest BCUT2D eigenvalue weighted by molar-refractivity contribution is 1.06. The summed E-state index contributed by atoms with van der Waals surface area (Å²) in [5.74, 6) is 2.33. The Morgan fingerprint density at radius 3 is 2.67 bits per heavy atom. The summed E-state index contributed by atoms with van der Waals surface area (Å²) in [6.07, 6.45) is 6.87. The normalized spacial score (nSPS) is 15.2. The highest BCUT2D eigenvalue weighted by Gasteiger charge is 2.18. The van der Waals surface area contributed by atoms with Crippen molar-refractivity contribution in [3.05, 3.63) is 64.7 Å². The van der Waals surface area contributed by atoms with Crippen LogP contribution >= 0.6 is 11.6 Å². The van der Waals surface area contributed by atoms with Crippen LogP contribution in [0.15, 0.2) is 54.1 Å². The molecule has 0 radical (unpaired) electrons. The summed E-state index contributed by atoms with van der Waals surface area (Å²) in [6, 6.07) is 7.72. The van der Waals surface area contributed by atoms with Gasteiger partial charge in [0.15, 0.2) is 0 Å². The maximum absolute atomic E-state index is 8.94. The van der Waals surface area contributed by atoms with E-state index in [-0.39, 0.29) is 6.71 Å². The molecule has 1 heterocycles. The van der Waals surface area contributed by atoms with Gasteiger partial charge in [-0.1, -0.05) is 42.7 Å². The Morgan fingerprint density at radius 1 is 1.43 bits per heavy atom. The van der Waals surface area contributed by atoms with Gasteiger partial charge in [0.2, 0.25) is 0 Å². The molecular weight excluding hydrogens is 278 g/mol. The van der Waals surface area contributed by atoms with Gasteiger partial charge in [0.05, 0.1) is 0 Å². The van der Waals surface area contributed by atoms with E-state index in [0.29, 0.717) is 0 Å². The van der Waals surface area contributed by atoms with Crippen molar-refractivity contribution in [2.75, 3.05) is 7.05 Å². The number of hydrogen-bond acceptors (Lipinski definition) is 2. The molecule has 1 N–H and O–H groups in total. The summed E-state index contributed by atoms with van der Waals surface area (Å²) in [7, 11) is 1.90. The van der Waals surface area contributed by atoms with Crippen LogP contribution < -0.4 is 5.32 Å². The molecule has 2 rings (SSSR count). The summed E-state index contributed by atoms with van der Waals surface area (Å²) in [5, 5.41) is 12.9. The Kier molecular flexibility index (Phi) is 5.30. The fraction of sp³-hybridized carbons (Fsp3) is 0.235. The first-order valence-corrected chi connectivity index (χ1v) is 7.45. The van der Waals surface area contributed by atoms with Crippen molar-refractivity contribution >= 4 is 24.0 Å². The Hall–Kier alpha value is -1.92. The zero-order valence-corrected chi connectivity index (χ0v) is 13.0. The van der Waals surface area contributed by atoms with Crippen molar-refractivity contribution in [1.29, 1.82) is 5.26 Å². The van der Waals surface area contributed by atoms with Gasteiger partial charge in [-0.05, 0) is 47.7 Å². The van der Waals surface area contributed by atoms with Gasteiger partial charge < -0.3 is 5.32 Å². The molecule has 0 fully saturated rings. The van der Waals surface area contributed by atoms with Crippen LogP contribution in [0.5, 0.6) is 0 Å². The third-order valence-electron chi connectivity index (χ3n) is 3.75. The second kappa shape index (κ2) is 7.20. The average Bonchev–Trinajstić information content (AvgIpc) is 2.53. The molecule has 1 aromatic carbocycles.